The molecule has 0 bridgehead atoms. The van der Waals surface area contributed by atoms with Gasteiger partial charge in [0.05, 0.1) is 5.60 Å². The summed E-state index contributed by atoms with van der Waals surface area (Å²) in [5.41, 5.74) is 0.189. The number of unbranched alkanes of at least 4 members (excludes halogenated alkanes) is 2. The molecule has 2 fully saturated rings. The highest BCUT2D eigenvalue weighted by Crippen LogP contribution is 2.45. The molecule has 0 amide bonds. The summed E-state index contributed by atoms with van der Waals surface area (Å²) in [5, 5.41) is 0. The van der Waals surface area contributed by atoms with Gasteiger partial charge in [0.1, 0.15) is 0 Å². The van der Waals surface area contributed by atoms with Crippen molar-refractivity contribution in [2.75, 3.05) is 6.61 Å². The third-order valence-corrected chi connectivity index (χ3v) is 5.99. The van der Waals surface area contributed by atoms with Crippen molar-refractivity contribution in [1.29, 1.82) is 0 Å². The molecule has 2 saturated carbocycles. The molecule has 0 aromatic heterocycles. The predicted octanol–water partition coefficient (Wildman–Crippen LogP) is 6.11. The van der Waals surface area contributed by atoms with E-state index in [0.717, 1.165) is 18.4 Å². The molecule has 0 unspecified atom stereocenters. The molecule has 2 aliphatic carbocycles. The molecule has 1 nitrogen and oxygen atoms in total. The topological polar surface area (TPSA) is 9.23 Å². The van der Waals surface area contributed by atoms with Gasteiger partial charge < -0.3 is 4.74 Å². The summed E-state index contributed by atoms with van der Waals surface area (Å²) in [5.74, 6) is 1.67. The van der Waals surface area contributed by atoms with Crippen LogP contribution in [-0.4, -0.2) is 12.2 Å². The van der Waals surface area contributed by atoms with E-state index in [2.05, 4.69) is 13.8 Å². The molecule has 0 radical (unpaired) electrons. The Kier molecular flexibility index (Phi) is 6.87. The minimum Gasteiger partial charge on any atom is -0.375 e. The van der Waals surface area contributed by atoms with E-state index in [4.69, 9.17) is 4.74 Å². The van der Waals surface area contributed by atoms with E-state index >= 15 is 0 Å². The van der Waals surface area contributed by atoms with Crippen LogP contribution >= 0.6 is 0 Å². The van der Waals surface area contributed by atoms with Gasteiger partial charge in [-0.05, 0) is 50.9 Å². The van der Waals surface area contributed by atoms with E-state index < -0.39 is 0 Å². The Labute approximate surface area is 126 Å². The van der Waals surface area contributed by atoms with Crippen molar-refractivity contribution >= 4 is 0 Å². The highest BCUT2D eigenvalue weighted by atomic mass is 16.5. The number of rotatable bonds is 7. The van der Waals surface area contributed by atoms with Crippen LogP contribution in [0, 0.1) is 11.8 Å². The van der Waals surface area contributed by atoms with Crippen LogP contribution in [-0.2, 0) is 4.74 Å². The Bertz CT molecular complexity index is 230. The average Bonchev–Trinajstić information content (AvgIpc) is 2.53. The molecule has 0 atom stereocenters. The summed E-state index contributed by atoms with van der Waals surface area (Å²) in [6.45, 7) is 5.75. The first-order valence-corrected chi connectivity index (χ1v) is 9.41. The van der Waals surface area contributed by atoms with Crippen molar-refractivity contribution in [1.82, 2.24) is 0 Å². The van der Waals surface area contributed by atoms with Gasteiger partial charge in [-0.3, -0.25) is 0 Å². The van der Waals surface area contributed by atoms with E-state index in [-0.39, 0.29) is 5.60 Å². The molecule has 2 rings (SSSR count). The fourth-order valence-electron chi connectivity index (χ4n) is 4.56. The molecule has 1 heteroatoms. The molecule has 2 aliphatic rings. The smallest absolute Gasteiger partial charge is 0.0710 e. The van der Waals surface area contributed by atoms with Gasteiger partial charge in [0.15, 0.2) is 0 Å². The summed E-state index contributed by atoms with van der Waals surface area (Å²) >= 11 is 0. The normalized spacial score (nSPS) is 23.1. The molecule has 0 saturated heterocycles. The summed E-state index contributed by atoms with van der Waals surface area (Å²) in [7, 11) is 0. The minimum absolute atomic E-state index is 0.189. The monoisotopic (exact) mass is 280 g/mol. The van der Waals surface area contributed by atoms with Crippen LogP contribution in [0.1, 0.15) is 97.3 Å². The average molecular weight is 280 g/mol. The lowest BCUT2D eigenvalue weighted by atomic mass is 9.67. The Balaban J connectivity index is 1.96. The maximum atomic E-state index is 6.61. The molecule has 0 aromatic carbocycles. The van der Waals surface area contributed by atoms with Gasteiger partial charge in [0, 0.05) is 6.61 Å². The second-order valence-electron chi connectivity index (χ2n) is 7.41. The standard InChI is InChI=1S/C19H36O/c1-3-4-11-16-20-19(2,17-12-7-5-8-13-17)18-14-9-6-10-15-18/h17-18H,3-16H2,1-2H3. The van der Waals surface area contributed by atoms with Gasteiger partial charge in [0.2, 0.25) is 0 Å². The number of hydrogen-bond donors (Lipinski definition) is 0. The van der Waals surface area contributed by atoms with Crippen LogP contribution in [0.3, 0.4) is 0 Å². The third-order valence-electron chi connectivity index (χ3n) is 5.99. The first kappa shape index (κ1) is 16.3. The molecule has 0 heterocycles. The maximum Gasteiger partial charge on any atom is 0.0710 e. The molecule has 0 N–H and O–H groups in total. The summed E-state index contributed by atoms with van der Waals surface area (Å²) < 4.78 is 6.61. The van der Waals surface area contributed by atoms with Crippen LogP contribution in [0.2, 0.25) is 0 Å². The molecule has 0 aromatic rings. The Hall–Kier alpha value is -0.0400. The van der Waals surface area contributed by atoms with Crippen molar-refractivity contribution in [3.8, 4) is 0 Å². The quantitative estimate of drug-likeness (QED) is 0.511. The Morgan fingerprint density at radius 1 is 0.800 bits per heavy atom. The number of hydrogen-bond acceptors (Lipinski definition) is 1. The molecular weight excluding hydrogens is 244 g/mol. The van der Waals surface area contributed by atoms with Crippen LogP contribution in [0.15, 0.2) is 0 Å². The molecule has 0 spiro atoms. The van der Waals surface area contributed by atoms with Crippen LogP contribution in [0.4, 0.5) is 0 Å². The molecular formula is C19H36O. The van der Waals surface area contributed by atoms with Gasteiger partial charge >= 0.3 is 0 Å². The van der Waals surface area contributed by atoms with Crippen molar-refractivity contribution in [3.63, 3.8) is 0 Å². The van der Waals surface area contributed by atoms with Crippen molar-refractivity contribution < 1.29 is 4.74 Å². The first-order chi connectivity index (χ1) is 9.77. The SMILES string of the molecule is CCCCCOC(C)(C1CCCCC1)C1CCCCC1. The van der Waals surface area contributed by atoms with Gasteiger partial charge in [0.25, 0.3) is 0 Å². The zero-order chi connectivity index (χ0) is 14.3. The largest absolute Gasteiger partial charge is 0.375 e. The van der Waals surface area contributed by atoms with E-state index in [0.29, 0.717) is 0 Å². The van der Waals surface area contributed by atoms with Gasteiger partial charge in [-0.15, -0.1) is 0 Å². The lowest BCUT2D eigenvalue weighted by Gasteiger charge is -2.47. The fourth-order valence-corrected chi connectivity index (χ4v) is 4.56. The minimum atomic E-state index is 0.189. The van der Waals surface area contributed by atoms with Crippen LogP contribution < -0.4 is 0 Å². The second-order valence-corrected chi connectivity index (χ2v) is 7.41. The molecule has 118 valence electrons. The summed E-state index contributed by atoms with van der Waals surface area (Å²) in [4.78, 5) is 0. The van der Waals surface area contributed by atoms with Gasteiger partial charge in [-0.25, -0.2) is 0 Å². The van der Waals surface area contributed by atoms with Crippen molar-refractivity contribution in [2.45, 2.75) is 103 Å². The second kappa shape index (κ2) is 8.41. The van der Waals surface area contributed by atoms with Crippen LogP contribution in [0.25, 0.3) is 0 Å². The van der Waals surface area contributed by atoms with Gasteiger partial charge in [-0.2, -0.15) is 0 Å². The first-order valence-electron chi connectivity index (χ1n) is 9.41. The van der Waals surface area contributed by atoms with Crippen molar-refractivity contribution in [2.24, 2.45) is 11.8 Å². The molecule has 20 heavy (non-hydrogen) atoms. The summed E-state index contributed by atoms with van der Waals surface area (Å²) in [6.07, 6.45) is 18.2. The van der Waals surface area contributed by atoms with E-state index in [1.807, 2.05) is 0 Å². The Morgan fingerprint density at radius 3 is 1.75 bits per heavy atom. The van der Waals surface area contributed by atoms with Crippen molar-refractivity contribution in [3.05, 3.63) is 0 Å². The lowest BCUT2D eigenvalue weighted by molar-refractivity contribution is -0.130. The zero-order valence-corrected chi connectivity index (χ0v) is 14.0. The lowest BCUT2D eigenvalue weighted by Crippen LogP contribution is -2.46. The number of ether oxygens (including phenoxy) is 1. The predicted molar refractivity (Wildman–Crippen MR) is 87.0 cm³/mol. The molecule has 0 aliphatic heterocycles. The third kappa shape index (κ3) is 4.23. The Morgan fingerprint density at radius 2 is 1.30 bits per heavy atom. The van der Waals surface area contributed by atoms with Gasteiger partial charge in [-0.1, -0.05) is 58.3 Å². The van der Waals surface area contributed by atoms with Crippen LogP contribution in [0.5, 0.6) is 0 Å². The van der Waals surface area contributed by atoms with E-state index in [1.54, 1.807) is 0 Å². The summed E-state index contributed by atoms with van der Waals surface area (Å²) in [6, 6.07) is 0. The van der Waals surface area contributed by atoms with E-state index in [1.165, 1.54) is 83.5 Å². The highest BCUT2D eigenvalue weighted by molar-refractivity contribution is 4.93. The maximum absolute atomic E-state index is 6.61. The zero-order valence-electron chi connectivity index (χ0n) is 14.0. The fraction of sp³-hybridized carbons (Fsp3) is 1.00. The highest BCUT2D eigenvalue weighted by Gasteiger charge is 2.42. The van der Waals surface area contributed by atoms with E-state index in [9.17, 15) is 0 Å².